The van der Waals surface area contributed by atoms with Crippen molar-refractivity contribution < 1.29 is 0 Å². The molecule has 0 fully saturated rings. The minimum atomic E-state index is 0.249. The molecule has 4 bridgehead atoms. The number of fused-ring (bicyclic) bond motifs is 4. The van der Waals surface area contributed by atoms with Gasteiger partial charge in [0.2, 0.25) is 0 Å². The lowest BCUT2D eigenvalue weighted by Gasteiger charge is -2.12. The summed E-state index contributed by atoms with van der Waals surface area (Å²) in [6, 6.07) is 10.3. The lowest BCUT2D eigenvalue weighted by atomic mass is 10.0. The molecule has 1 aromatic carbocycles. The van der Waals surface area contributed by atoms with E-state index in [4.69, 9.17) is 9.97 Å². The van der Waals surface area contributed by atoms with Crippen LogP contribution in [0.1, 0.15) is 53.3 Å². The third kappa shape index (κ3) is 9.67. The molecule has 3 heterocycles. The van der Waals surface area contributed by atoms with Crippen LogP contribution in [0.3, 0.4) is 0 Å². The maximum absolute atomic E-state index is 5.60. The molecule has 61 heavy (non-hydrogen) atoms. The lowest BCUT2D eigenvalue weighted by Crippen LogP contribution is -2.24. The minimum absolute atomic E-state index is 0.249. The Bertz CT molecular complexity index is 3090. The van der Waals surface area contributed by atoms with Crippen LogP contribution in [0.15, 0.2) is 147 Å². The fourth-order valence-electron chi connectivity index (χ4n) is 7.12. The third-order valence-electron chi connectivity index (χ3n) is 9.95. The molecule has 4 aliphatic rings. The van der Waals surface area contributed by atoms with Gasteiger partial charge in [-0.3, -0.25) is 4.98 Å². The van der Waals surface area contributed by atoms with E-state index in [9.17, 15) is 0 Å². The van der Waals surface area contributed by atoms with E-state index in [-0.39, 0.29) is 5.92 Å². The Kier molecular flexibility index (Phi) is 15.4. The molecule has 3 aromatic rings. The minimum Gasteiger partial charge on any atom is -0.354 e. The van der Waals surface area contributed by atoms with E-state index < -0.39 is 0 Å². The first-order chi connectivity index (χ1) is 29.6. The Labute approximate surface area is 414 Å². The highest BCUT2D eigenvalue weighted by Gasteiger charge is 2.27. The summed E-state index contributed by atoms with van der Waals surface area (Å²) < 4.78 is 4.01. The summed E-state index contributed by atoms with van der Waals surface area (Å²) in [6.45, 7) is 6.25. The molecule has 0 saturated carbocycles. The number of rotatable bonds is 5. The normalized spacial score (nSPS) is 17.0. The van der Waals surface area contributed by atoms with Gasteiger partial charge in [-0.05, 0) is 163 Å². The Balaban J connectivity index is 1.88. The topological polar surface area (TPSA) is 57.4 Å². The highest BCUT2D eigenvalue weighted by atomic mass is 79.9. The van der Waals surface area contributed by atoms with E-state index in [0.29, 0.717) is 5.69 Å². The summed E-state index contributed by atoms with van der Waals surface area (Å²) in [5, 5.41) is 1.55. The molecule has 2 aromatic heterocycles. The van der Waals surface area contributed by atoms with Gasteiger partial charge in [-0.25, -0.2) is 4.98 Å². The van der Waals surface area contributed by atoms with E-state index >= 15 is 0 Å². The molecule has 7 rings (SSSR count). The van der Waals surface area contributed by atoms with Crippen molar-refractivity contribution in [1.82, 2.24) is 19.9 Å². The molecule has 0 saturated heterocycles. The number of halogens is 7. The summed E-state index contributed by atoms with van der Waals surface area (Å²) in [5.74, 6) is 0.249. The SMILES string of the molecule is C/C=c1\[nH]/c(=C/Br)c(C2=CC=C=CC=C2)c(/C(Br)=C/Br)nc(C)c(C2=CC=CC(C)C=C2)c2[nH]c(c(Br)c2Br)c(-c2ccccc2)c2nc(c1C1=CC=C=CC=C1)C(Br)=C2Br. The van der Waals surface area contributed by atoms with Gasteiger partial charge in [0.05, 0.1) is 55.9 Å². The van der Waals surface area contributed by atoms with E-state index in [0.717, 1.165) is 106 Å². The number of hydrogen-bond donors (Lipinski definition) is 2. The first-order valence-electron chi connectivity index (χ1n) is 19.0. The molecule has 1 aliphatic heterocycles. The lowest BCUT2D eigenvalue weighted by molar-refractivity contribution is 0.943. The largest absolute Gasteiger partial charge is 0.354 e. The zero-order chi connectivity index (χ0) is 43.2. The zero-order valence-electron chi connectivity index (χ0n) is 32.9. The fraction of sp³-hybridized carbons (Fsp3) is 0.0800. The van der Waals surface area contributed by atoms with Gasteiger partial charge in [-0.1, -0.05) is 130 Å². The predicted molar refractivity (Wildman–Crippen MR) is 286 cm³/mol. The van der Waals surface area contributed by atoms with Crippen LogP contribution in [0.5, 0.6) is 0 Å². The van der Waals surface area contributed by atoms with Gasteiger partial charge in [-0.15, -0.1) is 11.5 Å². The number of allylic oxidation sites excluding steroid dienone is 16. The van der Waals surface area contributed by atoms with Gasteiger partial charge in [0, 0.05) is 38.3 Å². The number of aryl methyl sites for hydroxylation is 1. The molecular formula is C50H35Br7N4. The first-order valence-corrected chi connectivity index (χ1v) is 24.8. The molecule has 0 spiro atoms. The maximum atomic E-state index is 5.60. The summed E-state index contributed by atoms with van der Waals surface area (Å²) in [5.41, 5.74) is 18.3. The Morgan fingerprint density at radius 3 is 1.90 bits per heavy atom. The second kappa shape index (κ2) is 20.7. The highest BCUT2D eigenvalue weighted by molar-refractivity contribution is 9.18. The van der Waals surface area contributed by atoms with Gasteiger partial charge in [0.1, 0.15) is 0 Å². The van der Waals surface area contributed by atoms with Crippen LogP contribution < -0.4 is 10.7 Å². The molecule has 0 radical (unpaired) electrons. The van der Waals surface area contributed by atoms with Crippen molar-refractivity contribution in [2.45, 2.75) is 20.8 Å². The van der Waals surface area contributed by atoms with Crippen molar-refractivity contribution in [2.75, 3.05) is 0 Å². The first kappa shape index (κ1) is 45.4. The zero-order valence-corrected chi connectivity index (χ0v) is 44.0. The van der Waals surface area contributed by atoms with Crippen molar-refractivity contribution in [3.05, 3.63) is 197 Å². The Morgan fingerprint density at radius 1 is 0.672 bits per heavy atom. The molecule has 11 heteroatoms. The van der Waals surface area contributed by atoms with Crippen LogP contribution in [0, 0.1) is 12.8 Å². The monoisotopic (exact) mass is 1240 g/mol. The quantitative estimate of drug-likeness (QED) is 0.250. The van der Waals surface area contributed by atoms with Gasteiger partial charge >= 0.3 is 0 Å². The van der Waals surface area contributed by atoms with E-state index in [1.165, 1.54) is 0 Å². The fourth-order valence-corrected chi connectivity index (χ4v) is 9.91. The molecule has 3 aliphatic carbocycles. The number of aromatic amines is 2. The molecule has 304 valence electrons. The maximum Gasteiger partial charge on any atom is 0.0891 e. The molecular weight excluding hydrogens is 1220 g/mol. The van der Waals surface area contributed by atoms with Gasteiger partial charge < -0.3 is 9.97 Å². The van der Waals surface area contributed by atoms with Crippen LogP contribution in [0.25, 0.3) is 63.4 Å². The second-order valence-electron chi connectivity index (χ2n) is 13.8. The van der Waals surface area contributed by atoms with Crippen molar-refractivity contribution in [3.8, 4) is 11.1 Å². The highest BCUT2D eigenvalue weighted by Crippen LogP contribution is 2.47. The van der Waals surface area contributed by atoms with E-state index in [2.05, 4.69) is 214 Å². The molecule has 1 atom stereocenters. The van der Waals surface area contributed by atoms with Crippen LogP contribution >= 0.6 is 112 Å². The van der Waals surface area contributed by atoms with Crippen LogP contribution in [0.2, 0.25) is 0 Å². The average molecular weight is 1250 g/mol. The number of hydrogen-bond acceptors (Lipinski definition) is 2. The molecule has 2 N–H and O–H groups in total. The number of H-pyrrole nitrogens is 2. The summed E-state index contributed by atoms with van der Waals surface area (Å²) in [4.78, 5) is 22.7. The van der Waals surface area contributed by atoms with Crippen molar-refractivity contribution in [3.63, 3.8) is 0 Å². The summed E-state index contributed by atoms with van der Waals surface area (Å²) in [7, 11) is 0. The standard InChI is InChI=1S/C50H35Br7N4/c1-4-36-39(31-18-10-5-6-11-19-31)48-43(55)45(57)50(61-48)41(33-22-14-9-15-23-33)49-44(56)42(54)47(60-49)38(34-24-16-17-29(2)25-26-34)30(3)58-46(35(53)27-51)40(37(28-52)59-36)32-20-12-7-8-13-21-32/h4-5,7,9-29,59-60H,1-3H3/b35-27-,36-4-,37-28+,46-40?,47-38?,48-39?,49-41?,58-30?. The summed E-state index contributed by atoms with van der Waals surface area (Å²) >= 11 is 27.6. The van der Waals surface area contributed by atoms with E-state index in [1.807, 2.05) is 77.6 Å². The number of nitrogens with one attached hydrogen (secondary N) is 2. The van der Waals surface area contributed by atoms with Crippen molar-refractivity contribution in [1.29, 1.82) is 0 Å². The molecule has 1 unspecified atom stereocenters. The Hall–Kier alpha value is -3.60. The van der Waals surface area contributed by atoms with Crippen LogP contribution in [-0.4, -0.2) is 19.9 Å². The number of benzene rings is 1. The van der Waals surface area contributed by atoms with Crippen molar-refractivity contribution >= 4 is 164 Å². The average Bonchev–Trinajstić information content (AvgIpc) is 3.55. The molecule has 4 nitrogen and oxygen atoms in total. The van der Waals surface area contributed by atoms with E-state index in [1.54, 1.807) is 0 Å². The van der Waals surface area contributed by atoms with Gasteiger partial charge in [-0.2, -0.15) is 0 Å². The van der Waals surface area contributed by atoms with Gasteiger partial charge in [0.15, 0.2) is 0 Å². The number of nitrogens with zero attached hydrogens (tertiary/aromatic N) is 2. The van der Waals surface area contributed by atoms with Gasteiger partial charge in [0.25, 0.3) is 0 Å². The number of aromatic nitrogens is 4. The Morgan fingerprint density at radius 2 is 1.28 bits per heavy atom. The van der Waals surface area contributed by atoms with Crippen LogP contribution in [0.4, 0.5) is 0 Å². The second-order valence-corrected chi connectivity index (χ2v) is 18.8. The predicted octanol–water partition coefficient (Wildman–Crippen LogP) is 16.0. The van der Waals surface area contributed by atoms with Crippen molar-refractivity contribution in [2.24, 2.45) is 5.92 Å². The van der Waals surface area contributed by atoms with Crippen LogP contribution in [-0.2, 0) is 0 Å². The smallest absolute Gasteiger partial charge is 0.0891 e. The molecule has 0 amide bonds. The summed E-state index contributed by atoms with van der Waals surface area (Å²) in [6.07, 6.45) is 32.7. The third-order valence-corrected chi connectivity index (χ3v) is 16.3.